The van der Waals surface area contributed by atoms with Gasteiger partial charge in [0.05, 0.1) is 5.69 Å². The minimum Gasteiger partial charge on any atom is -0.368 e. The third kappa shape index (κ3) is 3.04. The molecular formula is C20H23N3S. The van der Waals surface area contributed by atoms with Gasteiger partial charge >= 0.3 is 0 Å². The number of benzene rings is 2. The summed E-state index contributed by atoms with van der Waals surface area (Å²) in [6.45, 7) is 6.59. The molecule has 1 saturated heterocycles. The summed E-state index contributed by atoms with van der Waals surface area (Å²) >= 11 is 1.86. The Balaban J connectivity index is 1.64. The second-order valence-electron chi connectivity index (χ2n) is 6.56. The third-order valence-electron chi connectivity index (χ3n) is 4.73. The molecule has 0 unspecified atom stereocenters. The summed E-state index contributed by atoms with van der Waals surface area (Å²) in [6, 6.07) is 15.4. The Labute approximate surface area is 147 Å². The van der Waals surface area contributed by atoms with E-state index < -0.39 is 0 Å². The third-order valence-corrected chi connectivity index (χ3v) is 5.85. The molecule has 0 bridgehead atoms. The Morgan fingerprint density at radius 3 is 2.58 bits per heavy atom. The van der Waals surface area contributed by atoms with Gasteiger partial charge in [-0.15, -0.1) is 0 Å². The molecule has 0 radical (unpaired) electrons. The molecule has 3 aromatic rings. The molecule has 3 nitrogen and oxygen atoms in total. The number of hydrogen-bond acceptors (Lipinski definition) is 3. The topological polar surface area (TPSA) is 22.3 Å². The first-order valence-corrected chi connectivity index (χ1v) is 9.30. The van der Waals surface area contributed by atoms with Gasteiger partial charge in [-0.2, -0.15) is 0 Å². The van der Waals surface area contributed by atoms with Crippen LogP contribution in [0.25, 0.3) is 10.9 Å². The van der Waals surface area contributed by atoms with Crippen molar-refractivity contribution >= 4 is 28.4 Å². The zero-order chi connectivity index (χ0) is 16.5. The van der Waals surface area contributed by atoms with E-state index in [1.807, 2.05) is 11.8 Å². The maximum Gasteiger partial charge on any atom is 0.0508 e. The Hall–Kier alpha value is -1.91. The first kappa shape index (κ1) is 15.6. The SMILES string of the molecule is Cc1ccc2c(Sc3ccccc3N3CCN(C)CC3)c[nH]c2c1. The molecule has 0 amide bonds. The summed E-state index contributed by atoms with van der Waals surface area (Å²) in [5.41, 5.74) is 3.87. The van der Waals surface area contributed by atoms with E-state index >= 15 is 0 Å². The average Bonchev–Trinajstić information content (AvgIpc) is 2.98. The molecule has 2 heterocycles. The summed E-state index contributed by atoms with van der Waals surface area (Å²) in [6.07, 6.45) is 2.13. The average molecular weight is 337 g/mol. The number of nitrogens with one attached hydrogen (secondary N) is 1. The number of anilines is 1. The van der Waals surface area contributed by atoms with Gasteiger partial charge in [-0.3, -0.25) is 0 Å². The van der Waals surface area contributed by atoms with Crippen LogP contribution in [0, 0.1) is 6.92 Å². The van der Waals surface area contributed by atoms with Crippen LogP contribution in [0.4, 0.5) is 5.69 Å². The van der Waals surface area contributed by atoms with Crippen molar-refractivity contribution in [3.8, 4) is 0 Å². The van der Waals surface area contributed by atoms with Crippen molar-refractivity contribution in [3.63, 3.8) is 0 Å². The van der Waals surface area contributed by atoms with E-state index in [0.717, 1.165) is 26.2 Å². The van der Waals surface area contributed by atoms with Crippen molar-refractivity contribution in [2.45, 2.75) is 16.7 Å². The maximum absolute atomic E-state index is 3.41. The van der Waals surface area contributed by atoms with Gasteiger partial charge in [-0.25, -0.2) is 0 Å². The van der Waals surface area contributed by atoms with Gasteiger partial charge < -0.3 is 14.8 Å². The highest BCUT2D eigenvalue weighted by Crippen LogP contribution is 2.39. The number of aromatic amines is 1. The van der Waals surface area contributed by atoms with Crippen LogP contribution in [0.1, 0.15) is 5.56 Å². The summed E-state index contributed by atoms with van der Waals surface area (Å²) in [7, 11) is 2.20. The van der Waals surface area contributed by atoms with E-state index in [-0.39, 0.29) is 0 Å². The van der Waals surface area contributed by atoms with Gasteiger partial charge in [0, 0.05) is 53.1 Å². The quantitative estimate of drug-likeness (QED) is 0.767. The molecule has 1 fully saturated rings. The van der Waals surface area contributed by atoms with Crippen molar-refractivity contribution in [1.29, 1.82) is 0 Å². The Morgan fingerprint density at radius 2 is 1.75 bits per heavy atom. The molecule has 1 N–H and O–H groups in total. The molecule has 4 heteroatoms. The monoisotopic (exact) mass is 337 g/mol. The summed E-state index contributed by atoms with van der Waals surface area (Å²) in [4.78, 5) is 11.0. The number of nitrogens with zero attached hydrogens (tertiary/aromatic N) is 2. The fourth-order valence-corrected chi connectivity index (χ4v) is 4.36. The Bertz CT molecular complexity index is 847. The lowest BCUT2D eigenvalue weighted by molar-refractivity contribution is 0.312. The number of fused-ring (bicyclic) bond motifs is 1. The normalized spacial score (nSPS) is 16.0. The van der Waals surface area contributed by atoms with E-state index in [0.29, 0.717) is 0 Å². The van der Waals surface area contributed by atoms with Crippen LogP contribution in [0.2, 0.25) is 0 Å². The Morgan fingerprint density at radius 1 is 0.958 bits per heavy atom. The van der Waals surface area contributed by atoms with Gasteiger partial charge in [-0.1, -0.05) is 36.0 Å². The Kier molecular flexibility index (Phi) is 4.25. The van der Waals surface area contributed by atoms with Crippen LogP contribution in [0.15, 0.2) is 58.5 Å². The summed E-state index contributed by atoms with van der Waals surface area (Å²) in [5.74, 6) is 0. The molecule has 24 heavy (non-hydrogen) atoms. The molecule has 1 aliphatic heterocycles. The minimum atomic E-state index is 1.10. The standard InChI is InChI=1S/C20H23N3S/c1-15-7-8-16-17(13-15)21-14-20(16)24-19-6-4-3-5-18(19)23-11-9-22(2)10-12-23/h3-8,13-14,21H,9-12H2,1-2H3. The minimum absolute atomic E-state index is 1.10. The lowest BCUT2D eigenvalue weighted by Crippen LogP contribution is -2.44. The van der Waals surface area contributed by atoms with E-state index in [1.165, 1.54) is 31.9 Å². The summed E-state index contributed by atoms with van der Waals surface area (Å²) < 4.78 is 0. The van der Waals surface area contributed by atoms with Crippen molar-refractivity contribution in [2.75, 3.05) is 38.1 Å². The van der Waals surface area contributed by atoms with Crippen molar-refractivity contribution < 1.29 is 0 Å². The molecule has 0 aliphatic carbocycles. The summed E-state index contributed by atoms with van der Waals surface area (Å²) in [5, 5.41) is 1.30. The molecule has 4 rings (SSSR count). The highest BCUT2D eigenvalue weighted by atomic mass is 32.2. The second-order valence-corrected chi connectivity index (χ2v) is 7.65. The molecular weight excluding hydrogens is 314 g/mol. The zero-order valence-corrected chi connectivity index (χ0v) is 15.1. The van der Waals surface area contributed by atoms with Crippen LogP contribution in [-0.4, -0.2) is 43.1 Å². The van der Waals surface area contributed by atoms with Gasteiger partial charge in [0.1, 0.15) is 0 Å². The highest BCUT2D eigenvalue weighted by molar-refractivity contribution is 7.99. The van der Waals surface area contributed by atoms with E-state index in [2.05, 4.69) is 77.4 Å². The zero-order valence-electron chi connectivity index (χ0n) is 14.2. The van der Waals surface area contributed by atoms with Gasteiger partial charge in [0.15, 0.2) is 0 Å². The van der Waals surface area contributed by atoms with Crippen molar-refractivity contribution in [1.82, 2.24) is 9.88 Å². The molecule has 1 aliphatic rings. The largest absolute Gasteiger partial charge is 0.368 e. The molecule has 0 saturated carbocycles. The number of H-pyrrole nitrogens is 1. The smallest absolute Gasteiger partial charge is 0.0508 e. The van der Waals surface area contributed by atoms with Crippen LogP contribution >= 0.6 is 11.8 Å². The molecule has 124 valence electrons. The van der Waals surface area contributed by atoms with Crippen LogP contribution in [0.5, 0.6) is 0 Å². The first-order valence-electron chi connectivity index (χ1n) is 8.49. The molecule has 2 aromatic carbocycles. The van der Waals surface area contributed by atoms with Gasteiger partial charge in [0.25, 0.3) is 0 Å². The molecule has 0 atom stereocenters. The van der Waals surface area contributed by atoms with Crippen molar-refractivity contribution in [2.24, 2.45) is 0 Å². The first-order chi connectivity index (χ1) is 11.7. The van der Waals surface area contributed by atoms with E-state index in [1.54, 1.807) is 0 Å². The predicted molar refractivity (Wildman–Crippen MR) is 103 cm³/mol. The number of aryl methyl sites for hydroxylation is 1. The number of likely N-dealkylation sites (N-methyl/N-ethyl adjacent to an activating group) is 1. The lowest BCUT2D eigenvalue weighted by Gasteiger charge is -2.35. The maximum atomic E-state index is 3.41. The number of hydrogen-bond donors (Lipinski definition) is 1. The lowest BCUT2D eigenvalue weighted by atomic mass is 10.2. The fourth-order valence-electron chi connectivity index (χ4n) is 3.27. The van der Waals surface area contributed by atoms with Crippen LogP contribution in [-0.2, 0) is 0 Å². The molecule has 0 spiro atoms. The number of aromatic nitrogens is 1. The number of para-hydroxylation sites is 1. The van der Waals surface area contributed by atoms with Crippen LogP contribution < -0.4 is 4.90 Å². The predicted octanol–water partition coefficient (Wildman–Crippen LogP) is 4.38. The highest BCUT2D eigenvalue weighted by Gasteiger charge is 2.17. The number of piperazine rings is 1. The van der Waals surface area contributed by atoms with Crippen LogP contribution in [0.3, 0.4) is 0 Å². The van der Waals surface area contributed by atoms with E-state index in [4.69, 9.17) is 0 Å². The fraction of sp³-hybridized carbons (Fsp3) is 0.300. The second kappa shape index (κ2) is 6.54. The molecule has 1 aromatic heterocycles. The van der Waals surface area contributed by atoms with Gasteiger partial charge in [-0.05, 0) is 37.7 Å². The number of rotatable bonds is 3. The van der Waals surface area contributed by atoms with E-state index in [9.17, 15) is 0 Å². The van der Waals surface area contributed by atoms with Crippen molar-refractivity contribution in [3.05, 3.63) is 54.2 Å². The van der Waals surface area contributed by atoms with Gasteiger partial charge in [0.2, 0.25) is 0 Å².